The molecule has 0 saturated carbocycles. The second-order valence-electron chi connectivity index (χ2n) is 7.91. The van der Waals surface area contributed by atoms with Crippen molar-refractivity contribution in [2.45, 2.75) is 42.0 Å². The number of sulfonamides is 1. The van der Waals surface area contributed by atoms with Crippen molar-refractivity contribution < 1.29 is 22.7 Å². The van der Waals surface area contributed by atoms with Crippen molar-refractivity contribution in [3.63, 3.8) is 0 Å². The van der Waals surface area contributed by atoms with E-state index in [2.05, 4.69) is 0 Å². The van der Waals surface area contributed by atoms with Gasteiger partial charge >= 0.3 is 5.97 Å². The van der Waals surface area contributed by atoms with Crippen LogP contribution in [0, 0.1) is 6.92 Å². The number of rotatable bonds is 5. The third-order valence-electron chi connectivity index (χ3n) is 5.72. The van der Waals surface area contributed by atoms with E-state index < -0.39 is 28.6 Å². The third-order valence-corrected chi connectivity index (χ3v) is 8.69. The largest absolute Gasteiger partial charge is 0.454 e. The molecular weight excluding hydrogens is 448 g/mol. The van der Waals surface area contributed by atoms with E-state index in [4.69, 9.17) is 4.74 Å². The first-order valence-corrected chi connectivity index (χ1v) is 13.1. The highest BCUT2D eigenvalue weighted by Gasteiger charge is 2.39. The minimum Gasteiger partial charge on any atom is -0.454 e. The average molecular weight is 475 g/mol. The zero-order valence-electron chi connectivity index (χ0n) is 17.9. The summed E-state index contributed by atoms with van der Waals surface area (Å²) >= 11 is 1.68. The van der Waals surface area contributed by atoms with E-state index in [0.29, 0.717) is 19.4 Å². The van der Waals surface area contributed by atoms with Gasteiger partial charge in [0.2, 0.25) is 10.0 Å². The minimum atomic E-state index is -3.84. The Morgan fingerprint density at radius 1 is 1.06 bits per heavy atom. The van der Waals surface area contributed by atoms with Crippen LogP contribution in [0.1, 0.15) is 24.8 Å². The van der Waals surface area contributed by atoms with E-state index in [1.807, 2.05) is 31.2 Å². The smallest absolute Gasteiger partial charge is 0.324 e. The SMILES string of the molecule is Cc1ccc(S(=O)(=O)N2CCCCC2C(=O)OCC(=O)N2CCSc3ccccc32)cc1. The Bertz CT molecular complexity index is 1100. The van der Waals surface area contributed by atoms with Crippen LogP contribution in [0.5, 0.6) is 0 Å². The van der Waals surface area contributed by atoms with E-state index in [1.54, 1.807) is 40.9 Å². The number of aryl methyl sites for hydroxylation is 1. The fourth-order valence-corrected chi connectivity index (χ4v) is 6.65. The van der Waals surface area contributed by atoms with Gasteiger partial charge in [-0.3, -0.25) is 9.59 Å². The van der Waals surface area contributed by atoms with Crippen molar-refractivity contribution in [3.8, 4) is 0 Å². The molecule has 1 unspecified atom stereocenters. The molecule has 0 aromatic heterocycles. The highest BCUT2D eigenvalue weighted by Crippen LogP contribution is 2.34. The molecule has 9 heteroatoms. The van der Waals surface area contributed by atoms with Crippen LogP contribution in [0.4, 0.5) is 5.69 Å². The fourth-order valence-electron chi connectivity index (χ4n) is 4.01. The number of thioether (sulfide) groups is 1. The summed E-state index contributed by atoms with van der Waals surface area (Å²) in [6.45, 7) is 2.26. The number of benzene rings is 2. The molecule has 2 aromatic carbocycles. The molecule has 0 radical (unpaired) electrons. The van der Waals surface area contributed by atoms with Crippen LogP contribution < -0.4 is 4.90 Å². The first-order valence-electron chi connectivity index (χ1n) is 10.7. The van der Waals surface area contributed by atoms with Crippen LogP contribution in [0.15, 0.2) is 58.3 Å². The van der Waals surface area contributed by atoms with Gasteiger partial charge in [-0.25, -0.2) is 8.42 Å². The molecule has 7 nitrogen and oxygen atoms in total. The predicted molar refractivity (Wildman–Crippen MR) is 123 cm³/mol. The average Bonchev–Trinajstić information content (AvgIpc) is 2.82. The van der Waals surface area contributed by atoms with E-state index in [9.17, 15) is 18.0 Å². The molecule has 1 amide bonds. The molecule has 1 saturated heterocycles. The molecule has 2 aliphatic rings. The van der Waals surface area contributed by atoms with Crippen LogP contribution in [-0.4, -0.2) is 56.1 Å². The number of hydrogen-bond acceptors (Lipinski definition) is 6. The van der Waals surface area contributed by atoms with Gasteiger partial charge in [0, 0.05) is 23.7 Å². The zero-order valence-corrected chi connectivity index (χ0v) is 19.5. The Kier molecular flexibility index (Phi) is 6.88. The van der Waals surface area contributed by atoms with Crippen LogP contribution in [-0.2, 0) is 24.3 Å². The van der Waals surface area contributed by atoms with Crippen molar-refractivity contribution >= 4 is 39.3 Å². The number of nitrogens with zero attached hydrogens (tertiary/aromatic N) is 2. The first-order chi connectivity index (χ1) is 15.4. The predicted octanol–water partition coefficient (Wildman–Crippen LogP) is 3.22. The number of fused-ring (bicyclic) bond motifs is 1. The monoisotopic (exact) mass is 474 g/mol. The van der Waals surface area contributed by atoms with Gasteiger partial charge in [-0.15, -0.1) is 11.8 Å². The second kappa shape index (κ2) is 9.64. The van der Waals surface area contributed by atoms with Crippen LogP contribution >= 0.6 is 11.8 Å². The maximum absolute atomic E-state index is 13.2. The molecule has 2 aliphatic heterocycles. The number of carbonyl (C=O) groups is 2. The number of esters is 1. The van der Waals surface area contributed by atoms with Gasteiger partial charge < -0.3 is 9.64 Å². The zero-order chi connectivity index (χ0) is 22.7. The lowest BCUT2D eigenvalue weighted by atomic mass is 10.1. The third kappa shape index (κ3) is 4.69. The Labute approximate surface area is 192 Å². The van der Waals surface area contributed by atoms with Gasteiger partial charge in [0.15, 0.2) is 6.61 Å². The van der Waals surface area contributed by atoms with Crippen LogP contribution in [0.2, 0.25) is 0 Å². The molecule has 1 fully saturated rings. The standard InChI is InChI=1S/C23H26N2O5S2/c1-17-9-11-18(12-10-17)32(28,29)25-13-5-4-7-20(25)23(27)30-16-22(26)24-14-15-31-21-8-3-2-6-19(21)24/h2-3,6,8-12,20H,4-5,7,13-16H2,1H3. The second-order valence-corrected chi connectivity index (χ2v) is 10.9. The lowest BCUT2D eigenvalue weighted by Gasteiger charge is -2.33. The number of anilines is 1. The van der Waals surface area contributed by atoms with Gasteiger partial charge in [-0.05, 0) is 50.5 Å². The van der Waals surface area contributed by atoms with E-state index in [1.165, 1.54) is 4.31 Å². The first kappa shape index (κ1) is 22.8. The van der Waals surface area contributed by atoms with Crippen molar-refractivity contribution in [2.75, 3.05) is 30.3 Å². The van der Waals surface area contributed by atoms with Crippen molar-refractivity contribution in [1.82, 2.24) is 4.31 Å². The quantitative estimate of drug-likeness (QED) is 0.619. The summed E-state index contributed by atoms with van der Waals surface area (Å²) in [5.41, 5.74) is 1.76. The van der Waals surface area contributed by atoms with Crippen molar-refractivity contribution in [1.29, 1.82) is 0 Å². The van der Waals surface area contributed by atoms with Gasteiger partial charge in [0.1, 0.15) is 6.04 Å². The summed E-state index contributed by atoms with van der Waals surface area (Å²) in [7, 11) is -3.84. The number of amides is 1. The summed E-state index contributed by atoms with van der Waals surface area (Å²) in [6, 6.07) is 13.3. The number of carbonyl (C=O) groups excluding carboxylic acids is 2. The maximum atomic E-state index is 13.2. The minimum absolute atomic E-state index is 0.154. The number of para-hydroxylation sites is 1. The molecule has 0 N–H and O–H groups in total. The number of hydrogen-bond donors (Lipinski definition) is 0. The van der Waals surface area contributed by atoms with Crippen LogP contribution in [0.25, 0.3) is 0 Å². The number of piperidine rings is 1. The van der Waals surface area contributed by atoms with Gasteiger partial charge in [-0.2, -0.15) is 4.31 Å². The lowest BCUT2D eigenvalue weighted by molar-refractivity contribution is -0.152. The van der Waals surface area contributed by atoms with Crippen molar-refractivity contribution in [2.24, 2.45) is 0 Å². The van der Waals surface area contributed by atoms with E-state index in [0.717, 1.165) is 28.3 Å². The Hall–Kier alpha value is -2.36. The summed E-state index contributed by atoms with van der Waals surface area (Å²) in [6.07, 6.45) is 1.78. The molecule has 0 spiro atoms. The van der Waals surface area contributed by atoms with E-state index in [-0.39, 0.29) is 17.3 Å². The summed E-state index contributed by atoms with van der Waals surface area (Å²) < 4.78 is 32.9. The van der Waals surface area contributed by atoms with E-state index >= 15 is 0 Å². The molecule has 2 aromatic rings. The molecule has 2 heterocycles. The lowest BCUT2D eigenvalue weighted by Crippen LogP contribution is -2.49. The highest BCUT2D eigenvalue weighted by molar-refractivity contribution is 7.99. The molecule has 0 bridgehead atoms. The summed E-state index contributed by atoms with van der Waals surface area (Å²) in [5.74, 6) is -0.217. The molecule has 32 heavy (non-hydrogen) atoms. The molecule has 1 atom stereocenters. The van der Waals surface area contributed by atoms with Gasteiger partial charge in [-0.1, -0.05) is 29.8 Å². The summed E-state index contributed by atoms with van der Waals surface area (Å²) in [5, 5.41) is 0. The Morgan fingerprint density at radius 3 is 2.59 bits per heavy atom. The van der Waals surface area contributed by atoms with Crippen molar-refractivity contribution in [3.05, 3.63) is 54.1 Å². The topological polar surface area (TPSA) is 84.0 Å². The molecule has 170 valence electrons. The highest BCUT2D eigenvalue weighted by atomic mass is 32.2. The van der Waals surface area contributed by atoms with Gasteiger partial charge in [0.05, 0.1) is 10.6 Å². The Morgan fingerprint density at radius 2 is 1.81 bits per heavy atom. The van der Waals surface area contributed by atoms with Crippen LogP contribution in [0.3, 0.4) is 0 Å². The summed E-state index contributed by atoms with van der Waals surface area (Å²) in [4.78, 5) is 28.5. The molecular formula is C23H26N2O5S2. The maximum Gasteiger partial charge on any atom is 0.324 e. The normalized spacial score (nSPS) is 19.3. The number of ether oxygens (including phenoxy) is 1. The van der Waals surface area contributed by atoms with Gasteiger partial charge in [0.25, 0.3) is 5.91 Å². The molecule has 4 rings (SSSR count). The fraction of sp³-hybridized carbons (Fsp3) is 0.391. The molecule has 0 aliphatic carbocycles. The Balaban J connectivity index is 1.45.